The molecule has 16 heavy (non-hydrogen) atoms. The number of carbonyl (C=O) groups excluding carboxylic acids is 1. The maximum Gasteiger partial charge on any atom is 0.333 e. The largest absolute Gasteiger partial charge is 0.466 e. The molecule has 1 atom stereocenters. The van der Waals surface area contributed by atoms with E-state index in [-0.39, 0.29) is 12.0 Å². The van der Waals surface area contributed by atoms with E-state index < -0.39 is 12.1 Å². The van der Waals surface area contributed by atoms with Crippen molar-refractivity contribution in [3.8, 4) is 0 Å². The molecular weight excluding hydrogens is 206 g/mol. The minimum absolute atomic E-state index is 0.112. The summed E-state index contributed by atoms with van der Waals surface area (Å²) < 4.78 is 4.50. The Morgan fingerprint density at radius 1 is 1.56 bits per heavy atom. The normalized spacial score (nSPS) is 11.9. The van der Waals surface area contributed by atoms with Gasteiger partial charge in [-0.15, -0.1) is 0 Å². The van der Waals surface area contributed by atoms with E-state index in [0.29, 0.717) is 11.3 Å². The molecule has 0 aliphatic heterocycles. The molecule has 0 spiro atoms. The number of rotatable bonds is 4. The Morgan fingerprint density at radius 3 is 2.75 bits per heavy atom. The minimum Gasteiger partial charge on any atom is -0.466 e. The van der Waals surface area contributed by atoms with Crippen LogP contribution in [-0.4, -0.2) is 18.2 Å². The van der Waals surface area contributed by atoms with E-state index in [1.54, 1.807) is 24.3 Å². The maximum atomic E-state index is 11.1. The number of para-hydroxylation sites is 1. The van der Waals surface area contributed by atoms with Crippen molar-refractivity contribution in [1.29, 1.82) is 0 Å². The third-order valence-electron chi connectivity index (χ3n) is 2.27. The lowest BCUT2D eigenvalue weighted by Gasteiger charge is -2.13. The Hall–Kier alpha value is -1.81. The number of methoxy groups -OCH3 is 1. The van der Waals surface area contributed by atoms with Crippen LogP contribution in [0.15, 0.2) is 36.4 Å². The average molecular weight is 221 g/mol. The van der Waals surface area contributed by atoms with Crippen LogP contribution in [0.1, 0.15) is 18.1 Å². The van der Waals surface area contributed by atoms with E-state index in [0.717, 1.165) is 0 Å². The molecule has 0 aliphatic rings. The third kappa shape index (κ3) is 2.84. The van der Waals surface area contributed by atoms with Crippen LogP contribution in [0.4, 0.5) is 5.69 Å². The van der Waals surface area contributed by atoms with Crippen LogP contribution in [0.2, 0.25) is 0 Å². The van der Waals surface area contributed by atoms with Gasteiger partial charge in [-0.05, 0) is 6.07 Å². The molecule has 0 aliphatic carbocycles. The van der Waals surface area contributed by atoms with Crippen LogP contribution in [0, 0.1) is 0 Å². The fourth-order valence-electron chi connectivity index (χ4n) is 1.39. The topological polar surface area (TPSA) is 72.5 Å². The smallest absolute Gasteiger partial charge is 0.333 e. The van der Waals surface area contributed by atoms with E-state index in [1.165, 1.54) is 7.11 Å². The molecule has 1 aromatic rings. The highest BCUT2D eigenvalue weighted by molar-refractivity contribution is 5.87. The Labute approximate surface area is 94.3 Å². The lowest BCUT2D eigenvalue weighted by Crippen LogP contribution is -2.09. The van der Waals surface area contributed by atoms with E-state index in [2.05, 4.69) is 11.3 Å². The van der Waals surface area contributed by atoms with Crippen LogP contribution >= 0.6 is 0 Å². The average Bonchev–Trinajstić information content (AvgIpc) is 2.28. The summed E-state index contributed by atoms with van der Waals surface area (Å²) in [7, 11) is 1.27. The first-order valence-electron chi connectivity index (χ1n) is 4.84. The molecule has 0 saturated heterocycles. The molecule has 86 valence electrons. The Kier molecular flexibility index (Phi) is 4.08. The second-order valence-electron chi connectivity index (χ2n) is 3.44. The van der Waals surface area contributed by atoms with Crippen molar-refractivity contribution in [3.05, 3.63) is 42.0 Å². The number of nitrogen functional groups attached to an aromatic ring is 1. The van der Waals surface area contributed by atoms with Crippen molar-refractivity contribution in [1.82, 2.24) is 0 Å². The molecule has 0 radical (unpaired) electrons. The van der Waals surface area contributed by atoms with Crippen LogP contribution < -0.4 is 5.73 Å². The number of ether oxygens (including phenoxy) is 1. The molecule has 4 nitrogen and oxygen atoms in total. The predicted octanol–water partition coefficient (Wildman–Crippen LogP) is 1.42. The van der Waals surface area contributed by atoms with Gasteiger partial charge in [0.1, 0.15) is 0 Å². The summed E-state index contributed by atoms with van der Waals surface area (Å²) in [5, 5.41) is 9.87. The lowest BCUT2D eigenvalue weighted by atomic mass is 10.0. The first kappa shape index (κ1) is 12.3. The van der Waals surface area contributed by atoms with Crippen molar-refractivity contribution >= 4 is 11.7 Å². The number of hydrogen-bond acceptors (Lipinski definition) is 4. The van der Waals surface area contributed by atoms with Crippen molar-refractivity contribution in [2.45, 2.75) is 12.5 Å². The molecule has 0 amide bonds. The number of benzene rings is 1. The number of aliphatic hydroxyl groups excluding tert-OH is 1. The van der Waals surface area contributed by atoms with Crippen LogP contribution in [0.3, 0.4) is 0 Å². The molecule has 0 fully saturated rings. The molecule has 3 N–H and O–H groups in total. The maximum absolute atomic E-state index is 11.1. The Balaban J connectivity index is 2.73. The standard InChI is InChI=1S/C12H15NO3/c1-8(12(15)16-2)7-11(14)9-5-3-4-6-10(9)13/h3-6,11,14H,1,7,13H2,2H3. The quantitative estimate of drug-likeness (QED) is 0.458. The molecular formula is C12H15NO3. The summed E-state index contributed by atoms with van der Waals surface area (Å²) in [4.78, 5) is 11.1. The Morgan fingerprint density at radius 2 is 2.19 bits per heavy atom. The molecule has 0 heterocycles. The van der Waals surface area contributed by atoms with Gasteiger partial charge in [0.25, 0.3) is 0 Å². The number of aliphatic hydroxyl groups is 1. The van der Waals surface area contributed by atoms with Gasteiger partial charge in [0.2, 0.25) is 0 Å². The summed E-state index contributed by atoms with van der Waals surface area (Å²) >= 11 is 0. The summed E-state index contributed by atoms with van der Waals surface area (Å²) in [5.74, 6) is -0.520. The van der Waals surface area contributed by atoms with Gasteiger partial charge in [-0.2, -0.15) is 0 Å². The molecule has 1 rings (SSSR count). The van der Waals surface area contributed by atoms with Crippen molar-refractivity contribution < 1.29 is 14.6 Å². The molecule has 1 aromatic carbocycles. The molecule has 0 saturated carbocycles. The van der Waals surface area contributed by atoms with Gasteiger partial charge < -0.3 is 15.6 Å². The van der Waals surface area contributed by atoms with Crippen LogP contribution in [0.5, 0.6) is 0 Å². The van der Waals surface area contributed by atoms with Gasteiger partial charge in [-0.25, -0.2) is 4.79 Å². The molecule has 0 bridgehead atoms. The van der Waals surface area contributed by atoms with Gasteiger partial charge in [-0.1, -0.05) is 24.8 Å². The number of hydrogen-bond donors (Lipinski definition) is 2. The van der Waals surface area contributed by atoms with Crippen molar-refractivity contribution in [2.75, 3.05) is 12.8 Å². The molecule has 1 unspecified atom stereocenters. The zero-order chi connectivity index (χ0) is 12.1. The molecule has 4 heteroatoms. The zero-order valence-electron chi connectivity index (χ0n) is 9.14. The van der Waals surface area contributed by atoms with E-state index in [1.807, 2.05) is 0 Å². The van der Waals surface area contributed by atoms with Gasteiger partial charge in [0, 0.05) is 23.2 Å². The summed E-state index contributed by atoms with van der Waals surface area (Å²) in [5.41, 5.74) is 7.00. The number of carbonyl (C=O) groups is 1. The fourth-order valence-corrected chi connectivity index (χ4v) is 1.39. The third-order valence-corrected chi connectivity index (χ3v) is 2.27. The SMILES string of the molecule is C=C(CC(O)c1ccccc1N)C(=O)OC. The summed E-state index contributed by atoms with van der Waals surface area (Å²) in [6.07, 6.45) is -0.728. The van der Waals surface area contributed by atoms with Crippen molar-refractivity contribution in [3.63, 3.8) is 0 Å². The number of anilines is 1. The second kappa shape index (κ2) is 5.32. The van der Waals surface area contributed by atoms with Gasteiger partial charge in [0.15, 0.2) is 0 Å². The highest BCUT2D eigenvalue weighted by Gasteiger charge is 2.16. The highest BCUT2D eigenvalue weighted by atomic mass is 16.5. The predicted molar refractivity (Wildman–Crippen MR) is 61.6 cm³/mol. The van der Waals surface area contributed by atoms with Crippen LogP contribution in [0.25, 0.3) is 0 Å². The number of esters is 1. The van der Waals surface area contributed by atoms with Gasteiger partial charge in [0.05, 0.1) is 13.2 Å². The van der Waals surface area contributed by atoms with E-state index in [9.17, 15) is 9.90 Å². The molecule has 0 aromatic heterocycles. The van der Waals surface area contributed by atoms with Crippen LogP contribution in [-0.2, 0) is 9.53 Å². The second-order valence-corrected chi connectivity index (χ2v) is 3.44. The first-order chi connectivity index (χ1) is 7.56. The lowest BCUT2D eigenvalue weighted by molar-refractivity contribution is -0.136. The monoisotopic (exact) mass is 221 g/mol. The summed E-state index contributed by atoms with van der Waals surface area (Å²) in [6.45, 7) is 3.55. The van der Waals surface area contributed by atoms with Gasteiger partial charge >= 0.3 is 5.97 Å². The zero-order valence-corrected chi connectivity index (χ0v) is 9.14. The number of nitrogens with two attached hydrogens (primary N) is 1. The highest BCUT2D eigenvalue weighted by Crippen LogP contribution is 2.25. The Bertz CT molecular complexity index is 401. The summed E-state index contributed by atoms with van der Waals surface area (Å²) in [6, 6.07) is 6.96. The van der Waals surface area contributed by atoms with Crippen molar-refractivity contribution in [2.24, 2.45) is 0 Å². The first-order valence-corrected chi connectivity index (χ1v) is 4.84. The fraction of sp³-hybridized carbons (Fsp3) is 0.250. The van der Waals surface area contributed by atoms with E-state index >= 15 is 0 Å². The van der Waals surface area contributed by atoms with E-state index in [4.69, 9.17) is 5.73 Å². The minimum atomic E-state index is -0.840. The van der Waals surface area contributed by atoms with Gasteiger partial charge in [-0.3, -0.25) is 0 Å².